The van der Waals surface area contributed by atoms with E-state index in [1.807, 2.05) is 58.3 Å². The molecular formula is C23H25N5O2. The van der Waals surface area contributed by atoms with Crippen molar-refractivity contribution >= 4 is 22.8 Å². The van der Waals surface area contributed by atoms with Gasteiger partial charge in [-0.3, -0.25) is 0 Å². The van der Waals surface area contributed by atoms with Crippen molar-refractivity contribution in [1.29, 1.82) is 0 Å². The second kappa shape index (κ2) is 8.28. The third kappa shape index (κ3) is 3.68. The third-order valence-electron chi connectivity index (χ3n) is 5.75. The van der Waals surface area contributed by atoms with E-state index in [2.05, 4.69) is 11.0 Å². The minimum atomic E-state index is 0.121. The van der Waals surface area contributed by atoms with Gasteiger partial charge in [-0.15, -0.1) is 0 Å². The molecule has 7 heteroatoms. The number of hydrogen-bond acceptors (Lipinski definition) is 5. The first-order chi connectivity index (χ1) is 14.8. The molecule has 5 rings (SSSR count). The Labute approximate surface area is 175 Å². The Morgan fingerprint density at radius 2 is 1.43 bits per heavy atom. The average Bonchev–Trinajstić information content (AvgIpc) is 2.84. The summed E-state index contributed by atoms with van der Waals surface area (Å²) in [5, 5.41) is 1.05. The first-order valence-corrected chi connectivity index (χ1v) is 10.5. The molecule has 7 nitrogen and oxygen atoms in total. The number of benzene rings is 2. The van der Waals surface area contributed by atoms with Crippen molar-refractivity contribution in [3.63, 3.8) is 0 Å². The van der Waals surface area contributed by atoms with Crippen LogP contribution >= 0.6 is 0 Å². The number of aromatic nitrogens is 2. The third-order valence-corrected chi connectivity index (χ3v) is 5.75. The average molecular weight is 403 g/mol. The molecule has 0 atom stereocenters. The highest BCUT2D eigenvalue weighted by atomic mass is 16.5. The van der Waals surface area contributed by atoms with Gasteiger partial charge in [0.2, 0.25) is 0 Å². The van der Waals surface area contributed by atoms with Crippen molar-refractivity contribution in [2.45, 2.75) is 0 Å². The number of nitrogens with zero attached hydrogens (tertiary/aromatic N) is 5. The Morgan fingerprint density at radius 3 is 2.20 bits per heavy atom. The molecule has 2 saturated heterocycles. The van der Waals surface area contributed by atoms with E-state index in [0.717, 1.165) is 41.2 Å². The van der Waals surface area contributed by atoms with E-state index in [1.54, 1.807) is 0 Å². The lowest BCUT2D eigenvalue weighted by atomic mass is 10.1. The number of urea groups is 1. The number of piperazine rings is 1. The van der Waals surface area contributed by atoms with Crippen LogP contribution in [-0.4, -0.2) is 78.3 Å². The van der Waals surface area contributed by atoms with Gasteiger partial charge in [0.25, 0.3) is 0 Å². The molecule has 1 aromatic heterocycles. The van der Waals surface area contributed by atoms with Gasteiger partial charge in [-0.05, 0) is 12.1 Å². The van der Waals surface area contributed by atoms with Gasteiger partial charge in [0.15, 0.2) is 5.82 Å². The summed E-state index contributed by atoms with van der Waals surface area (Å²) in [7, 11) is 0. The zero-order valence-corrected chi connectivity index (χ0v) is 16.9. The number of fused-ring (bicyclic) bond motifs is 1. The Balaban J connectivity index is 1.39. The van der Waals surface area contributed by atoms with Crippen LogP contribution in [0.2, 0.25) is 0 Å². The topological polar surface area (TPSA) is 61.8 Å². The lowest BCUT2D eigenvalue weighted by Gasteiger charge is -2.39. The predicted octanol–water partition coefficient (Wildman–Crippen LogP) is 2.87. The molecule has 2 aliphatic heterocycles. The van der Waals surface area contributed by atoms with Gasteiger partial charge in [-0.2, -0.15) is 0 Å². The zero-order valence-electron chi connectivity index (χ0n) is 16.9. The number of ether oxygens (including phenoxy) is 1. The van der Waals surface area contributed by atoms with Crippen molar-refractivity contribution in [1.82, 2.24) is 19.8 Å². The van der Waals surface area contributed by atoms with Gasteiger partial charge in [-0.25, -0.2) is 14.8 Å². The number of anilines is 1. The standard InChI is InChI=1S/C23H25N5O2/c29-23(28-14-16-30-17-15-28)27-12-10-26(11-13-27)22-19-8-4-5-9-20(19)24-21(25-22)18-6-2-1-3-7-18/h1-9H,10-17H2. The van der Waals surface area contributed by atoms with Gasteiger partial charge in [0, 0.05) is 50.2 Å². The molecule has 0 saturated carbocycles. The van der Waals surface area contributed by atoms with Gasteiger partial charge >= 0.3 is 6.03 Å². The molecule has 2 fully saturated rings. The molecular weight excluding hydrogens is 378 g/mol. The second-order valence-corrected chi connectivity index (χ2v) is 7.61. The normalized spacial score (nSPS) is 17.4. The van der Waals surface area contributed by atoms with E-state index in [0.29, 0.717) is 39.4 Å². The number of carbonyl (C=O) groups is 1. The molecule has 0 spiro atoms. The number of carbonyl (C=O) groups excluding carboxylic acids is 1. The maximum atomic E-state index is 12.8. The van der Waals surface area contributed by atoms with Crippen LogP contribution in [0.4, 0.5) is 10.6 Å². The highest BCUT2D eigenvalue weighted by molar-refractivity contribution is 5.91. The highest BCUT2D eigenvalue weighted by Crippen LogP contribution is 2.28. The lowest BCUT2D eigenvalue weighted by Crippen LogP contribution is -2.55. The summed E-state index contributed by atoms with van der Waals surface area (Å²) in [6.45, 7) is 5.49. The minimum Gasteiger partial charge on any atom is -0.378 e. The zero-order chi connectivity index (χ0) is 20.3. The number of hydrogen-bond donors (Lipinski definition) is 0. The van der Waals surface area contributed by atoms with E-state index in [1.165, 1.54) is 0 Å². The molecule has 2 aromatic carbocycles. The van der Waals surface area contributed by atoms with Gasteiger partial charge < -0.3 is 19.4 Å². The molecule has 0 bridgehead atoms. The fourth-order valence-electron chi connectivity index (χ4n) is 4.08. The number of amides is 2. The largest absolute Gasteiger partial charge is 0.378 e. The van der Waals surface area contributed by atoms with E-state index in [4.69, 9.17) is 14.7 Å². The van der Waals surface area contributed by atoms with Crippen LogP contribution in [0.5, 0.6) is 0 Å². The molecule has 2 aliphatic rings. The Hall–Kier alpha value is -3.19. The molecule has 2 amide bonds. The SMILES string of the molecule is O=C(N1CCOCC1)N1CCN(c2nc(-c3ccccc3)nc3ccccc23)CC1. The minimum absolute atomic E-state index is 0.121. The smallest absolute Gasteiger partial charge is 0.320 e. The maximum Gasteiger partial charge on any atom is 0.320 e. The summed E-state index contributed by atoms with van der Waals surface area (Å²) in [5.74, 6) is 1.68. The Morgan fingerprint density at radius 1 is 0.767 bits per heavy atom. The number of morpholine rings is 1. The van der Waals surface area contributed by atoms with Crippen LogP contribution in [-0.2, 0) is 4.74 Å². The summed E-state index contributed by atoms with van der Waals surface area (Å²) in [6, 6.07) is 18.3. The van der Waals surface area contributed by atoms with E-state index in [9.17, 15) is 4.79 Å². The van der Waals surface area contributed by atoms with Gasteiger partial charge in [0.05, 0.1) is 18.7 Å². The second-order valence-electron chi connectivity index (χ2n) is 7.61. The molecule has 0 radical (unpaired) electrons. The van der Waals surface area contributed by atoms with E-state index >= 15 is 0 Å². The van der Waals surface area contributed by atoms with Crippen LogP contribution in [0, 0.1) is 0 Å². The van der Waals surface area contributed by atoms with Crippen LogP contribution < -0.4 is 4.90 Å². The van der Waals surface area contributed by atoms with Gasteiger partial charge in [0.1, 0.15) is 5.82 Å². The van der Waals surface area contributed by atoms with Crippen LogP contribution in [0.3, 0.4) is 0 Å². The molecule has 0 N–H and O–H groups in total. The van der Waals surface area contributed by atoms with Crippen LogP contribution in [0.15, 0.2) is 54.6 Å². The fraction of sp³-hybridized carbons (Fsp3) is 0.348. The molecule has 3 aromatic rings. The fourth-order valence-corrected chi connectivity index (χ4v) is 4.08. The van der Waals surface area contributed by atoms with E-state index in [-0.39, 0.29) is 6.03 Å². The molecule has 0 aliphatic carbocycles. The number of para-hydroxylation sites is 1. The van der Waals surface area contributed by atoms with Crippen LogP contribution in [0.25, 0.3) is 22.3 Å². The van der Waals surface area contributed by atoms with Crippen LogP contribution in [0.1, 0.15) is 0 Å². The highest BCUT2D eigenvalue weighted by Gasteiger charge is 2.27. The summed E-state index contributed by atoms with van der Waals surface area (Å²) in [5.41, 5.74) is 1.94. The summed E-state index contributed by atoms with van der Waals surface area (Å²) >= 11 is 0. The van der Waals surface area contributed by atoms with Crippen molar-refractivity contribution in [2.24, 2.45) is 0 Å². The summed E-state index contributed by atoms with van der Waals surface area (Å²) in [6.07, 6.45) is 0. The van der Waals surface area contributed by atoms with Crippen molar-refractivity contribution in [3.8, 4) is 11.4 Å². The molecule has 30 heavy (non-hydrogen) atoms. The Bertz CT molecular complexity index is 1030. The van der Waals surface area contributed by atoms with Crippen molar-refractivity contribution in [2.75, 3.05) is 57.4 Å². The number of rotatable bonds is 2. The molecule has 154 valence electrons. The first kappa shape index (κ1) is 18.8. The van der Waals surface area contributed by atoms with E-state index < -0.39 is 0 Å². The molecule has 3 heterocycles. The summed E-state index contributed by atoms with van der Waals surface area (Å²) < 4.78 is 5.37. The monoisotopic (exact) mass is 403 g/mol. The quantitative estimate of drug-likeness (QED) is 0.659. The Kier molecular flexibility index (Phi) is 5.19. The van der Waals surface area contributed by atoms with Crippen molar-refractivity contribution < 1.29 is 9.53 Å². The van der Waals surface area contributed by atoms with Crippen molar-refractivity contribution in [3.05, 3.63) is 54.6 Å². The molecule has 0 unspecified atom stereocenters. The predicted molar refractivity (Wildman–Crippen MR) is 117 cm³/mol. The summed E-state index contributed by atoms with van der Waals surface area (Å²) in [4.78, 5) is 28.6. The first-order valence-electron chi connectivity index (χ1n) is 10.5. The van der Waals surface area contributed by atoms with Gasteiger partial charge in [-0.1, -0.05) is 42.5 Å². The lowest BCUT2D eigenvalue weighted by molar-refractivity contribution is 0.0428. The maximum absolute atomic E-state index is 12.8.